The molecule has 3 nitrogen and oxygen atoms in total. The van der Waals surface area contributed by atoms with Crippen LogP contribution in [0.25, 0.3) is 0 Å². The number of urea groups is 1. The van der Waals surface area contributed by atoms with E-state index in [4.69, 9.17) is 11.6 Å². The molecule has 2 amide bonds. The Morgan fingerprint density at radius 3 is 2.56 bits per heavy atom. The van der Waals surface area contributed by atoms with Gasteiger partial charge in [0.2, 0.25) is 0 Å². The molecule has 0 radical (unpaired) electrons. The van der Waals surface area contributed by atoms with E-state index in [1.54, 1.807) is 6.07 Å². The second kappa shape index (κ2) is 6.43. The Kier molecular flexibility index (Phi) is 4.89. The van der Waals surface area contributed by atoms with E-state index >= 15 is 0 Å². The van der Waals surface area contributed by atoms with Gasteiger partial charge in [0.15, 0.2) is 0 Å². The summed E-state index contributed by atoms with van der Waals surface area (Å²) in [7, 11) is 0. The first-order valence-corrected chi connectivity index (χ1v) is 7.35. The van der Waals surface area contributed by atoms with E-state index in [0.29, 0.717) is 5.02 Å². The Balaban J connectivity index is 2.03. The number of hydrogen-bond donors (Lipinski definition) is 1. The van der Waals surface area contributed by atoms with Crippen molar-refractivity contribution in [2.45, 2.75) is 25.7 Å². The van der Waals surface area contributed by atoms with E-state index in [1.807, 2.05) is 17.0 Å². The van der Waals surface area contributed by atoms with Crippen molar-refractivity contribution >= 4 is 39.2 Å². The molecule has 0 bridgehead atoms. The SMILES string of the molecule is O=C(Nc1cccc(Cl)c1Br)N1CCCCCC1. The molecule has 1 aliphatic rings. The summed E-state index contributed by atoms with van der Waals surface area (Å²) >= 11 is 9.38. The van der Waals surface area contributed by atoms with Gasteiger partial charge >= 0.3 is 6.03 Å². The molecular weight excluding hydrogens is 316 g/mol. The third-order valence-corrected chi connectivity index (χ3v) is 4.48. The van der Waals surface area contributed by atoms with E-state index in [2.05, 4.69) is 21.2 Å². The summed E-state index contributed by atoms with van der Waals surface area (Å²) < 4.78 is 0.731. The highest BCUT2D eigenvalue weighted by Gasteiger charge is 2.16. The quantitative estimate of drug-likeness (QED) is 0.806. The lowest BCUT2D eigenvalue weighted by Crippen LogP contribution is -2.35. The minimum Gasteiger partial charge on any atom is -0.325 e. The summed E-state index contributed by atoms with van der Waals surface area (Å²) in [6.45, 7) is 1.67. The van der Waals surface area contributed by atoms with Gasteiger partial charge in [0.05, 0.1) is 15.2 Å². The predicted octanol–water partition coefficient (Wildman–Crippen LogP) is 4.51. The summed E-state index contributed by atoms with van der Waals surface area (Å²) in [5.41, 5.74) is 0.719. The number of anilines is 1. The molecule has 0 atom stereocenters. The third-order valence-electron chi connectivity index (χ3n) is 3.09. The summed E-state index contributed by atoms with van der Waals surface area (Å²) in [5, 5.41) is 3.50. The van der Waals surface area contributed by atoms with Crippen molar-refractivity contribution in [3.05, 3.63) is 27.7 Å². The summed E-state index contributed by atoms with van der Waals surface area (Å²) in [6.07, 6.45) is 4.60. The minimum absolute atomic E-state index is 0.0418. The maximum Gasteiger partial charge on any atom is 0.321 e. The first-order valence-electron chi connectivity index (χ1n) is 6.18. The van der Waals surface area contributed by atoms with Gasteiger partial charge in [-0.05, 0) is 40.9 Å². The van der Waals surface area contributed by atoms with E-state index in [-0.39, 0.29) is 6.03 Å². The molecule has 0 aromatic heterocycles. The number of likely N-dealkylation sites (tertiary alicyclic amines) is 1. The average molecular weight is 332 g/mol. The van der Waals surface area contributed by atoms with Gasteiger partial charge < -0.3 is 10.2 Å². The van der Waals surface area contributed by atoms with Gasteiger partial charge in [-0.25, -0.2) is 4.79 Å². The summed E-state index contributed by atoms with van der Waals surface area (Å²) in [4.78, 5) is 14.0. The number of halogens is 2. The minimum atomic E-state index is -0.0418. The van der Waals surface area contributed by atoms with Crippen molar-refractivity contribution in [3.63, 3.8) is 0 Å². The second-order valence-corrected chi connectivity index (χ2v) is 5.63. The molecule has 0 unspecified atom stereocenters. The molecule has 2 rings (SSSR count). The van der Waals surface area contributed by atoms with E-state index in [9.17, 15) is 4.79 Å². The number of amides is 2. The Bertz CT molecular complexity index is 431. The molecule has 0 aliphatic carbocycles. The molecule has 18 heavy (non-hydrogen) atoms. The zero-order valence-electron chi connectivity index (χ0n) is 10.1. The van der Waals surface area contributed by atoms with Crippen molar-refractivity contribution in [1.29, 1.82) is 0 Å². The topological polar surface area (TPSA) is 32.3 Å². The highest BCUT2D eigenvalue weighted by atomic mass is 79.9. The fourth-order valence-corrected chi connectivity index (χ4v) is 2.61. The van der Waals surface area contributed by atoms with Crippen molar-refractivity contribution in [3.8, 4) is 0 Å². The monoisotopic (exact) mass is 330 g/mol. The molecule has 1 aromatic rings. The number of hydrogen-bond acceptors (Lipinski definition) is 1. The van der Waals surface area contributed by atoms with Crippen molar-refractivity contribution in [2.24, 2.45) is 0 Å². The van der Waals surface area contributed by atoms with E-state index < -0.39 is 0 Å². The van der Waals surface area contributed by atoms with Crippen LogP contribution in [0.15, 0.2) is 22.7 Å². The average Bonchev–Trinajstić information content (AvgIpc) is 2.63. The largest absolute Gasteiger partial charge is 0.325 e. The van der Waals surface area contributed by atoms with Gasteiger partial charge in [-0.1, -0.05) is 30.5 Å². The van der Waals surface area contributed by atoms with Crippen LogP contribution in [-0.4, -0.2) is 24.0 Å². The molecular formula is C13H16BrClN2O. The lowest BCUT2D eigenvalue weighted by molar-refractivity contribution is 0.214. The molecule has 0 spiro atoms. The Morgan fingerprint density at radius 1 is 1.22 bits per heavy atom. The number of rotatable bonds is 1. The predicted molar refractivity (Wildman–Crippen MR) is 78.2 cm³/mol. The normalized spacial score (nSPS) is 16.2. The van der Waals surface area contributed by atoms with Gasteiger partial charge in [0, 0.05) is 13.1 Å². The van der Waals surface area contributed by atoms with Crippen LogP contribution in [0.2, 0.25) is 5.02 Å². The highest BCUT2D eigenvalue weighted by molar-refractivity contribution is 9.10. The van der Waals surface area contributed by atoms with Crippen LogP contribution >= 0.6 is 27.5 Å². The lowest BCUT2D eigenvalue weighted by atomic mass is 10.2. The van der Waals surface area contributed by atoms with Crippen LogP contribution in [0.5, 0.6) is 0 Å². The van der Waals surface area contributed by atoms with Gasteiger partial charge in [0.1, 0.15) is 0 Å². The third kappa shape index (κ3) is 3.39. The van der Waals surface area contributed by atoms with E-state index in [1.165, 1.54) is 12.8 Å². The Morgan fingerprint density at radius 2 is 1.89 bits per heavy atom. The molecule has 1 heterocycles. The van der Waals surface area contributed by atoms with Crippen LogP contribution in [0, 0.1) is 0 Å². The smallest absolute Gasteiger partial charge is 0.321 e. The van der Waals surface area contributed by atoms with E-state index in [0.717, 1.165) is 36.1 Å². The zero-order chi connectivity index (χ0) is 13.0. The molecule has 98 valence electrons. The first-order chi connectivity index (χ1) is 8.68. The molecule has 1 fully saturated rings. The second-order valence-electron chi connectivity index (χ2n) is 4.43. The molecule has 5 heteroatoms. The fourth-order valence-electron chi connectivity index (χ4n) is 2.07. The number of nitrogens with zero attached hydrogens (tertiary/aromatic N) is 1. The van der Waals surface area contributed by atoms with Crippen LogP contribution in [0.3, 0.4) is 0 Å². The van der Waals surface area contributed by atoms with Crippen molar-refractivity contribution in [1.82, 2.24) is 4.90 Å². The highest BCUT2D eigenvalue weighted by Crippen LogP contribution is 2.30. The standard InChI is InChI=1S/C13H16BrClN2O/c14-12-10(15)6-5-7-11(12)16-13(18)17-8-3-1-2-4-9-17/h5-7H,1-4,8-9H2,(H,16,18). The van der Waals surface area contributed by atoms with Crippen LogP contribution < -0.4 is 5.32 Å². The van der Waals surface area contributed by atoms with Gasteiger partial charge in [-0.15, -0.1) is 0 Å². The number of nitrogens with one attached hydrogen (secondary N) is 1. The van der Waals surface area contributed by atoms with Crippen molar-refractivity contribution < 1.29 is 4.79 Å². The number of benzene rings is 1. The zero-order valence-corrected chi connectivity index (χ0v) is 12.4. The molecule has 0 saturated carbocycles. The van der Waals surface area contributed by atoms with Crippen LogP contribution in [-0.2, 0) is 0 Å². The van der Waals surface area contributed by atoms with Crippen LogP contribution in [0.4, 0.5) is 10.5 Å². The Hall–Kier alpha value is -0.740. The summed E-state index contributed by atoms with van der Waals surface area (Å²) in [5.74, 6) is 0. The fraction of sp³-hybridized carbons (Fsp3) is 0.462. The number of carbonyl (C=O) groups excluding carboxylic acids is 1. The van der Waals surface area contributed by atoms with Gasteiger partial charge in [-0.2, -0.15) is 0 Å². The van der Waals surface area contributed by atoms with Crippen molar-refractivity contribution in [2.75, 3.05) is 18.4 Å². The maximum absolute atomic E-state index is 12.1. The molecule has 1 saturated heterocycles. The lowest BCUT2D eigenvalue weighted by Gasteiger charge is -2.21. The summed E-state index contributed by atoms with van der Waals surface area (Å²) in [6, 6.07) is 5.41. The number of carbonyl (C=O) groups is 1. The van der Waals surface area contributed by atoms with Gasteiger partial charge in [0.25, 0.3) is 0 Å². The first kappa shape index (κ1) is 13.7. The molecule has 1 aliphatic heterocycles. The van der Waals surface area contributed by atoms with Gasteiger partial charge in [-0.3, -0.25) is 0 Å². The van der Waals surface area contributed by atoms with Crippen LogP contribution in [0.1, 0.15) is 25.7 Å². The maximum atomic E-state index is 12.1. The Labute approximate surface area is 121 Å². The molecule has 1 aromatic carbocycles. The molecule has 1 N–H and O–H groups in total.